The number of aromatic nitrogens is 1. The fourth-order valence-corrected chi connectivity index (χ4v) is 4.75. The molecule has 2 rings (SSSR count). The average molecular weight is 556 g/mol. The van der Waals surface area contributed by atoms with Crippen molar-refractivity contribution >= 4 is 0 Å². The van der Waals surface area contributed by atoms with Gasteiger partial charge in [0.25, 0.3) is 0 Å². The Morgan fingerprint density at radius 1 is 0.725 bits per heavy atom. The Hall–Kier alpha value is -2.31. The zero-order valence-electron chi connectivity index (χ0n) is 27.4. The van der Waals surface area contributed by atoms with Crippen LogP contribution in [-0.4, -0.2) is 48.0 Å². The summed E-state index contributed by atoms with van der Waals surface area (Å²) in [5, 5.41) is 7.01. The predicted molar refractivity (Wildman–Crippen MR) is 168 cm³/mol. The zero-order chi connectivity index (χ0) is 30.2. The van der Waals surface area contributed by atoms with Crippen LogP contribution in [0.3, 0.4) is 0 Å². The number of hydrogen-bond acceptors (Lipinski definition) is 6. The average Bonchev–Trinajstić information content (AvgIpc) is 2.81. The summed E-state index contributed by atoms with van der Waals surface area (Å²) in [6.07, 6.45) is 3.93. The minimum Gasteiger partial charge on any atom is -0.493 e. The fraction of sp³-hybridized carbons (Fsp3) is 0.676. The number of nitrogens with one attached hydrogen (secondary N) is 2. The van der Waals surface area contributed by atoms with Gasteiger partial charge in [-0.25, -0.2) is 0 Å². The van der Waals surface area contributed by atoms with Gasteiger partial charge in [-0.3, -0.25) is 4.98 Å². The third-order valence-corrected chi connectivity index (χ3v) is 6.60. The number of ether oxygens (including phenoxy) is 3. The first-order chi connectivity index (χ1) is 18.3. The van der Waals surface area contributed by atoms with Crippen LogP contribution in [-0.2, 0) is 5.41 Å². The van der Waals surface area contributed by atoms with Gasteiger partial charge in [-0.05, 0) is 111 Å². The van der Waals surface area contributed by atoms with Crippen LogP contribution in [0.15, 0.2) is 42.6 Å². The number of rotatable bonds is 15. The molecular formula is C34H57N3O3. The molecule has 2 atom stereocenters. The van der Waals surface area contributed by atoms with Crippen molar-refractivity contribution in [1.82, 2.24) is 15.6 Å². The van der Waals surface area contributed by atoms with E-state index in [1.54, 1.807) is 0 Å². The van der Waals surface area contributed by atoms with Crippen molar-refractivity contribution in [2.75, 3.05) is 19.7 Å². The van der Waals surface area contributed by atoms with E-state index >= 15 is 0 Å². The lowest BCUT2D eigenvalue weighted by Gasteiger charge is -2.34. The molecule has 0 aliphatic rings. The Kier molecular flexibility index (Phi) is 11.9. The number of hydrogen-bond donors (Lipinski definition) is 2. The molecule has 0 amide bonds. The molecule has 1 aromatic carbocycles. The molecule has 2 aromatic rings. The Morgan fingerprint density at radius 3 is 1.90 bits per heavy atom. The maximum absolute atomic E-state index is 6.24. The standard InChI is InChI=1S/C34H57N3O3/c1-25(17-20-36-31(3,4)5)39-29-18-19-35-30(21-29)34(11,12)23-33(9,10)24-38-27-13-15-28(16-14-27)40-26(2)22-37-32(6,7)8/h13-16,18-19,21,25-26,36-37H,17,20,22-24H2,1-12H3/t25?,26-/m1/s1. The summed E-state index contributed by atoms with van der Waals surface area (Å²) in [6.45, 7) is 28.6. The van der Waals surface area contributed by atoms with Gasteiger partial charge >= 0.3 is 0 Å². The minimum atomic E-state index is -0.141. The van der Waals surface area contributed by atoms with E-state index in [0.717, 1.165) is 48.9 Å². The SMILES string of the molecule is CC(CCNC(C)(C)C)Oc1ccnc(C(C)(C)CC(C)(C)COc2ccc(O[C@H](C)CNC(C)(C)C)cc2)c1. The molecule has 6 heteroatoms. The Bertz CT molecular complexity index is 1020. The number of pyridine rings is 1. The smallest absolute Gasteiger partial charge is 0.123 e. The van der Waals surface area contributed by atoms with Crippen LogP contribution in [0.2, 0.25) is 0 Å². The molecule has 0 aliphatic heterocycles. The van der Waals surface area contributed by atoms with Crippen molar-refractivity contribution in [2.24, 2.45) is 5.41 Å². The largest absolute Gasteiger partial charge is 0.493 e. The lowest BCUT2D eigenvalue weighted by molar-refractivity contribution is 0.141. The van der Waals surface area contributed by atoms with Gasteiger partial charge in [0.1, 0.15) is 23.4 Å². The second-order valence-corrected chi connectivity index (χ2v) is 14.8. The van der Waals surface area contributed by atoms with Crippen LogP contribution in [0.1, 0.15) is 102 Å². The van der Waals surface area contributed by atoms with Crippen molar-refractivity contribution < 1.29 is 14.2 Å². The lowest BCUT2D eigenvalue weighted by atomic mass is 9.73. The summed E-state index contributed by atoms with van der Waals surface area (Å²) < 4.78 is 18.5. The van der Waals surface area contributed by atoms with Crippen LogP contribution in [0.5, 0.6) is 17.2 Å². The van der Waals surface area contributed by atoms with Gasteiger partial charge in [-0.15, -0.1) is 0 Å². The molecule has 2 N–H and O–H groups in total. The summed E-state index contributed by atoms with van der Waals surface area (Å²) in [4.78, 5) is 4.72. The second kappa shape index (κ2) is 14.0. The predicted octanol–water partition coefficient (Wildman–Crippen LogP) is 7.56. The van der Waals surface area contributed by atoms with Gasteiger partial charge in [0, 0.05) is 41.0 Å². The molecule has 0 fully saturated rings. The first-order valence-corrected chi connectivity index (χ1v) is 14.9. The summed E-state index contributed by atoms with van der Waals surface area (Å²) in [5.41, 5.74) is 1.03. The highest BCUT2D eigenvalue weighted by molar-refractivity contribution is 5.31. The van der Waals surface area contributed by atoms with Crippen molar-refractivity contribution in [1.29, 1.82) is 0 Å². The quantitative estimate of drug-likeness (QED) is 0.236. The topological polar surface area (TPSA) is 64.6 Å². The monoisotopic (exact) mass is 555 g/mol. The maximum Gasteiger partial charge on any atom is 0.123 e. The molecule has 0 saturated heterocycles. The molecule has 0 aliphatic carbocycles. The molecule has 1 heterocycles. The zero-order valence-corrected chi connectivity index (χ0v) is 27.4. The van der Waals surface area contributed by atoms with E-state index in [4.69, 9.17) is 19.2 Å². The van der Waals surface area contributed by atoms with Gasteiger partial charge in [-0.2, -0.15) is 0 Å². The van der Waals surface area contributed by atoms with E-state index < -0.39 is 0 Å². The Balaban J connectivity index is 1.90. The van der Waals surface area contributed by atoms with E-state index in [9.17, 15) is 0 Å². The van der Waals surface area contributed by atoms with Crippen molar-refractivity contribution in [3.05, 3.63) is 48.3 Å². The molecule has 1 unspecified atom stereocenters. The molecule has 40 heavy (non-hydrogen) atoms. The molecular weight excluding hydrogens is 498 g/mol. The lowest BCUT2D eigenvalue weighted by Crippen LogP contribution is -2.41. The van der Waals surface area contributed by atoms with Crippen LogP contribution in [0.4, 0.5) is 0 Å². The first-order valence-electron chi connectivity index (χ1n) is 14.9. The van der Waals surface area contributed by atoms with E-state index in [1.165, 1.54) is 0 Å². The van der Waals surface area contributed by atoms with Gasteiger partial charge in [0.2, 0.25) is 0 Å². The summed E-state index contributed by atoms with van der Waals surface area (Å²) in [5.74, 6) is 2.58. The van der Waals surface area contributed by atoms with E-state index in [2.05, 4.69) is 99.8 Å². The summed E-state index contributed by atoms with van der Waals surface area (Å²) in [7, 11) is 0. The third kappa shape index (κ3) is 13.4. The van der Waals surface area contributed by atoms with Gasteiger partial charge < -0.3 is 24.8 Å². The van der Waals surface area contributed by atoms with Crippen LogP contribution >= 0.6 is 0 Å². The Morgan fingerprint density at radius 2 is 1.30 bits per heavy atom. The van der Waals surface area contributed by atoms with Gasteiger partial charge in [-0.1, -0.05) is 27.7 Å². The van der Waals surface area contributed by atoms with E-state index in [-0.39, 0.29) is 34.1 Å². The third-order valence-electron chi connectivity index (χ3n) is 6.60. The molecule has 226 valence electrons. The first kappa shape index (κ1) is 33.9. The maximum atomic E-state index is 6.24. The van der Waals surface area contributed by atoms with E-state index in [0.29, 0.717) is 6.61 Å². The highest BCUT2D eigenvalue weighted by Crippen LogP contribution is 2.37. The number of benzene rings is 1. The molecule has 6 nitrogen and oxygen atoms in total. The van der Waals surface area contributed by atoms with Gasteiger partial charge in [0.05, 0.1) is 12.7 Å². The second-order valence-electron chi connectivity index (χ2n) is 14.8. The molecule has 0 radical (unpaired) electrons. The summed E-state index contributed by atoms with van der Waals surface area (Å²) in [6, 6.07) is 12.0. The van der Waals surface area contributed by atoms with Gasteiger partial charge in [0.15, 0.2) is 0 Å². The fourth-order valence-electron chi connectivity index (χ4n) is 4.75. The van der Waals surface area contributed by atoms with Crippen molar-refractivity contribution in [2.45, 2.75) is 125 Å². The molecule has 1 aromatic heterocycles. The highest BCUT2D eigenvalue weighted by atomic mass is 16.5. The van der Waals surface area contributed by atoms with Crippen LogP contribution in [0, 0.1) is 5.41 Å². The van der Waals surface area contributed by atoms with Crippen molar-refractivity contribution in [3.63, 3.8) is 0 Å². The van der Waals surface area contributed by atoms with Crippen molar-refractivity contribution in [3.8, 4) is 17.2 Å². The Labute approximate surface area is 245 Å². The normalized spacial score (nSPS) is 14.5. The minimum absolute atomic E-state index is 0.0593. The van der Waals surface area contributed by atoms with Crippen LogP contribution < -0.4 is 24.8 Å². The number of nitrogens with zero attached hydrogens (tertiary/aromatic N) is 1. The highest BCUT2D eigenvalue weighted by Gasteiger charge is 2.32. The summed E-state index contributed by atoms with van der Waals surface area (Å²) >= 11 is 0. The van der Waals surface area contributed by atoms with E-state index in [1.807, 2.05) is 36.5 Å². The molecule has 0 saturated carbocycles. The molecule has 0 bridgehead atoms. The molecule has 0 spiro atoms. The van der Waals surface area contributed by atoms with Crippen LogP contribution in [0.25, 0.3) is 0 Å².